The minimum atomic E-state index is -0.992. The van der Waals surface area contributed by atoms with Crippen molar-refractivity contribution >= 4 is 50.7 Å². The number of ether oxygens (including phenoxy) is 1. The number of aromatic hydroxyl groups is 1. The van der Waals surface area contributed by atoms with Crippen LogP contribution in [0, 0.1) is 15.9 Å². The van der Waals surface area contributed by atoms with Crippen LogP contribution < -0.4 is 14.9 Å². The van der Waals surface area contributed by atoms with Crippen molar-refractivity contribution in [1.29, 1.82) is 0 Å². The van der Waals surface area contributed by atoms with Crippen LogP contribution >= 0.6 is 27.3 Å². The van der Waals surface area contributed by atoms with Crippen LogP contribution in [0.5, 0.6) is 5.75 Å². The highest BCUT2D eigenvalue weighted by molar-refractivity contribution is 9.10. The fraction of sp³-hybridized carbons (Fsp3) is 0.107. The molecule has 3 aromatic carbocycles. The number of esters is 1. The molecule has 0 aliphatic carbocycles. The highest BCUT2D eigenvalue weighted by atomic mass is 79.9. The van der Waals surface area contributed by atoms with Crippen molar-refractivity contribution < 1.29 is 24.0 Å². The summed E-state index contributed by atoms with van der Waals surface area (Å²) in [7, 11) is 0. The Kier molecular flexibility index (Phi) is 7.46. The second kappa shape index (κ2) is 11.0. The molecule has 40 heavy (non-hydrogen) atoms. The van der Waals surface area contributed by atoms with E-state index in [9.17, 15) is 29.2 Å². The second-order valence-electron chi connectivity index (χ2n) is 8.61. The first-order valence-corrected chi connectivity index (χ1v) is 13.5. The van der Waals surface area contributed by atoms with Gasteiger partial charge in [-0.25, -0.2) is 14.2 Å². The number of fused-ring (bicyclic) bond motifs is 1. The molecule has 0 radical (unpaired) electrons. The number of carbonyl (C=O) groups is 1. The van der Waals surface area contributed by atoms with Crippen LogP contribution in [0.3, 0.4) is 0 Å². The van der Waals surface area contributed by atoms with Gasteiger partial charge in [0.05, 0.1) is 37.8 Å². The van der Waals surface area contributed by atoms with Crippen LogP contribution in [0.2, 0.25) is 0 Å². The predicted octanol–water partition coefficient (Wildman–Crippen LogP) is 4.45. The fourth-order valence-corrected chi connectivity index (χ4v) is 5.85. The van der Waals surface area contributed by atoms with Gasteiger partial charge in [0.2, 0.25) is 5.75 Å². The van der Waals surface area contributed by atoms with E-state index in [1.54, 1.807) is 31.2 Å². The lowest BCUT2D eigenvalue weighted by Crippen LogP contribution is -2.40. The Labute approximate surface area is 238 Å². The number of rotatable bonds is 6. The van der Waals surface area contributed by atoms with E-state index in [2.05, 4.69) is 15.9 Å². The number of nitro groups is 1. The topological polar surface area (TPSA) is 124 Å². The molecule has 0 unspecified atom stereocenters. The Hall–Kier alpha value is -4.42. The standard InChI is InChI=1S/C28H19BrFN3O6S/c1-2-39-27(36)22-23(16-6-4-3-5-7-16)31-28-32(24(22)17-8-10-18(30)11-9-17)26(35)21(40-28)14-15-12-19(29)25(34)20(13-15)33(37)38/h3-14,24,34H,2H2,1H3/b21-14-/t24-/m1/s1. The van der Waals surface area contributed by atoms with Crippen molar-refractivity contribution in [3.63, 3.8) is 0 Å². The molecular formula is C28H19BrFN3O6S. The van der Waals surface area contributed by atoms with Gasteiger partial charge in [0.1, 0.15) is 5.82 Å². The lowest BCUT2D eigenvalue weighted by Gasteiger charge is -2.25. The number of benzene rings is 3. The zero-order valence-corrected chi connectivity index (χ0v) is 23.1. The molecule has 0 spiro atoms. The van der Waals surface area contributed by atoms with Gasteiger partial charge >= 0.3 is 11.7 Å². The van der Waals surface area contributed by atoms with Gasteiger partial charge in [-0.2, -0.15) is 0 Å². The van der Waals surface area contributed by atoms with Crippen molar-refractivity contribution in [1.82, 2.24) is 4.57 Å². The van der Waals surface area contributed by atoms with Crippen LogP contribution in [-0.4, -0.2) is 27.2 Å². The predicted molar refractivity (Wildman–Crippen MR) is 150 cm³/mol. The van der Waals surface area contributed by atoms with Gasteiger partial charge in [-0.3, -0.25) is 19.5 Å². The Morgan fingerprint density at radius 3 is 2.58 bits per heavy atom. The minimum absolute atomic E-state index is 0.0828. The average molecular weight is 624 g/mol. The van der Waals surface area contributed by atoms with E-state index in [4.69, 9.17) is 9.73 Å². The summed E-state index contributed by atoms with van der Waals surface area (Å²) in [6.07, 6.45) is 1.44. The molecule has 0 amide bonds. The number of halogens is 2. The molecule has 1 aromatic heterocycles. The van der Waals surface area contributed by atoms with Gasteiger partial charge in [-0.1, -0.05) is 53.8 Å². The summed E-state index contributed by atoms with van der Waals surface area (Å²) in [4.78, 5) is 42.9. The molecule has 1 aliphatic rings. The number of phenols is 1. The van der Waals surface area contributed by atoms with Crippen molar-refractivity contribution in [3.8, 4) is 5.75 Å². The number of thiazole rings is 1. The molecule has 4 aromatic rings. The first-order chi connectivity index (χ1) is 19.2. The number of phenolic OH excluding ortho intramolecular Hbond substituents is 1. The van der Waals surface area contributed by atoms with Crippen LogP contribution in [0.4, 0.5) is 10.1 Å². The lowest BCUT2D eigenvalue weighted by atomic mass is 9.93. The molecular weight excluding hydrogens is 605 g/mol. The Morgan fingerprint density at radius 2 is 1.93 bits per heavy atom. The van der Waals surface area contributed by atoms with Crippen molar-refractivity contribution in [2.75, 3.05) is 6.61 Å². The zero-order chi connectivity index (χ0) is 28.6. The van der Waals surface area contributed by atoms with Crippen molar-refractivity contribution in [2.24, 2.45) is 4.99 Å². The third-order valence-electron chi connectivity index (χ3n) is 6.12. The summed E-state index contributed by atoms with van der Waals surface area (Å²) in [6.45, 7) is 1.75. The van der Waals surface area contributed by atoms with Gasteiger partial charge in [0.25, 0.3) is 5.56 Å². The fourth-order valence-electron chi connectivity index (χ4n) is 4.38. The number of nitro benzene ring substituents is 1. The molecule has 1 aliphatic heterocycles. The van der Waals surface area contributed by atoms with Crippen molar-refractivity contribution in [3.05, 3.63) is 129 Å². The highest BCUT2D eigenvalue weighted by Crippen LogP contribution is 2.36. The molecule has 9 nitrogen and oxygen atoms in total. The average Bonchev–Trinajstić information content (AvgIpc) is 3.25. The summed E-state index contributed by atoms with van der Waals surface area (Å²) in [6, 6.07) is 16.0. The molecule has 0 bridgehead atoms. The largest absolute Gasteiger partial charge is 0.501 e. The summed E-state index contributed by atoms with van der Waals surface area (Å²) in [5, 5.41) is 21.4. The van der Waals surface area contributed by atoms with Crippen molar-refractivity contribution in [2.45, 2.75) is 13.0 Å². The van der Waals surface area contributed by atoms with Crippen LogP contribution in [0.25, 0.3) is 11.8 Å². The molecule has 0 saturated heterocycles. The third-order valence-corrected chi connectivity index (χ3v) is 7.71. The SMILES string of the molecule is CCOC(=O)C1=C(c2ccccc2)N=c2s/c(=C\c3cc(Br)c(O)c([N+](=O)[O-])c3)c(=O)n2[C@@H]1c1ccc(F)cc1. The van der Waals surface area contributed by atoms with E-state index in [1.165, 1.54) is 41.0 Å². The maximum atomic E-state index is 13.9. The van der Waals surface area contributed by atoms with E-state index in [0.29, 0.717) is 16.8 Å². The van der Waals surface area contributed by atoms with E-state index in [0.717, 1.165) is 17.4 Å². The molecule has 202 valence electrons. The Bertz CT molecular complexity index is 1870. The van der Waals surface area contributed by atoms with Gasteiger partial charge in [0.15, 0.2) is 4.80 Å². The first kappa shape index (κ1) is 27.2. The highest BCUT2D eigenvalue weighted by Gasteiger charge is 2.35. The maximum Gasteiger partial charge on any atom is 0.338 e. The maximum absolute atomic E-state index is 13.9. The quantitative estimate of drug-likeness (QED) is 0.192. The monoisotopic (exact) mass is 623 g/mol. The molecule has 5 rings (SSSR count). The molecule has 2 heterocycles. The summed E-state index contributed by atoms with van der Waals surface area (Å²) in [5.41, 5.74) is 0.739. The zero-order valence-electron chi connectivity index (χ0n) is 20.7. The first-order valence-electron chi connectivity index (χ1n) is 11.9. The van der Waals surface area contributed by atoms with Crippen LogP contribution in [0.15, 0.2) is 86.6 Å². The van der Waals surface area contributed by atoms with E-state index >= 15 is 0 Å². The van der Waals surface area contributed by atoms with E-state index < -0.39 is 39.7 Å². The minimum Gasteiger partial charge on any atom is -0.501 e. The summed E-state index contributed by atoms with van der Waals surface area (Å²) < 4.78 is 20.9. The van der Waals surface area contributed by atoms with E-state index in [1.807, 2.05) is 6.07 Å². The summed E-state index contributed by atoms with van der Waals surface area (Å²) >= 11 is 4.14. The molecule has 12 heteroatoms. The third kappa shape index (κ3) is 4.98. The smallest absolute Gasteiger partial charge is 0.338 e. The van der Waals surface area contributed by atoms with E-state index in [-0.39, 0.29) is 31.5 Å². The van der Waals surface area contributed by atoms with Gasteiger partial charge in [-0.15, -0.1) is 0 Å². The molecule has 0 fully saturated rings. The van der Waals surface area contributed by atoms with Gasteiger partial charge < -0.3 is 9.84 Å². The lowest BCUT2D eigenvalue weighted by molar-refractivity contribution is -0.386. The number of hydrogen-bond donors (Lipinski definition) is 1. The molecule has 1 N–H and O–H groups in total. The number of aromatic nitrogens is 1. The van der Waals surface area contributed by atoms with Gasteiger partial charge in [0, 0.05) is 11.6 Å². The van der Waals surface area contributed by atoms with Crippen LogP contribution in [0.1, 0.15) is 29.7 Å². The normalized spacial score (nSPS) is 15.0. The Balaban J connectivity index is 1.82. The second-order valence-corrected chi connectivity index (χ2v) is 10.5. The Morgan fingerprint density at radius 1 is 1.23 bits per heavy atom. The summed E-state index contributed by atoms with van der Waals surface area (Å²) in [5.74, 6) is -1.70. The molecule has 1 atom stereocenters. The number of carbonyl (C=O) groups excluding carboxylic acids is 1. The number of nitrogens with zero attached hydrogens (tertiary/aromatic N) is 3. The van der Waals surface area contributed by atoms with Gasteiger partial charge in [-0.05, 0) is 58.3 Å². The van der Waals surface area contributed by atoms with Crippen LogP contribution in [-0.2, 0) is 9.53 Å². The molecule has 0 saturated carbocycles. The number of hydrogen-bond acceptors (Lipinski definition) is 8.